The van der Waals surface area contributed by atoms with Gasteiger partial charge in [0, 0.05) is 37.3 Å². The van der Waals surface area contributed by atoms with Crippen LogP contribution in [-0.2, 0) is 17.7 Å². The molecule has 0 unspecified atom stereocenters. The first kappa shape index (κ1) is 25.9. The number of nitrogens with zero attached hydrogens (tertiary/aromatic N) is 3. The fourth-order valence-electron chi connectivity index (χ4n) is 2.96. The summed E-state index contributed by atoms with van der Waals surface area (Å²) in [5.74, 6) is 1.35. The molecule has 1 aromatic heterocycles. The second-order valence-electron chi connectivity index (χ2n) is 8.06. The van der Waals surface area contributed by atoms with E-state index in [4.69, 9.17) is 4.74 Å². The van der Waals surface area contributed by atoms with Gasteiger partial charge in [-0.15, -0.1) is 35.3 Å². The van der Waals surface area contributed by atoms with Gasteiger partial charge in [0.25, 0.3) is 0 Å². The van der Waals surface area contributed by atoms with Crippen molar-refractivity contribution in [1.29, 1.82) is 0 Å². The molecule has 1 aromatic rings. The number of carbonyl (C=O) groups excluding carboxylic acids is 1. The number of thiazole rings is 1. The first-order chi connectivity index (χ1) is 13.3. The third-order valence-corrected chi connectivity index (χ3v) is 5.62. The predicted octanol–water partition coefficient (Wildman–Crippen LogP) is 4.03. The van der Waals surface area contributed by atoms with Gasteiger partial charge in [0.1, 0.15) is 10.6 Å². The van der Waals surface area contributed by atoms with Gasteiger partial charge < -0.3 is 20.3 Å². The number of carbonyl (C=O) groups is 1. The van der Waals surface area contributed by atoms with Gasteiger partial charge in [-0.2, -0.15) is 0 Å². The molecule has 29 heavy (non-hydrogen) atoms. The van der Waals surface area contributed by atoms with Gasteiger partial charge in [-0.1, -0.05) is 6.92 Å². The summed E-state index contributed by atoms with van der Waals surface area (Å²) in [7, 11) is 0. The smallest absolute Gasteiger partial charge is 0.410 e. The number of hydrogen-bond acceptors (Lipinski definition) is 5. The summed E-state index contributed by atoms with van der Waals surface area (Å²) >= 11 is 1.72. The monoisotopic (exact) mass is 537 g/mol. The number of likely N-dealkylation sites (tertiary alicyclic amines) is 1. The minimum atomic E-state index is -0.442. The minimum absolute atomic E-state index is 0. The Hall–Kier alpha value is -1.10. The normalized spacial score (nSPS) is 15.6. The van der Waals surface area contributed by atoms with Crippen LogP contribution < -0.4 is 10.6 Å². The van der Waals surface area contributed by atoms with Crippen molar-refractivity contribution < 1.29 is 9.53 Å². The van der Waals surface area contributed by atoms with Crippen LogP contribution in [0.2, 0.25) is 0 Å². The van der Waals surface area contributed by atoms with Gasteiger partial charge in [0.05, 0.1) is 6.54 Å². The first-order valence-corrected chi connectivity index (χ1v) is 11.1. The maximum Gasteiger partial charge on any atom is 0.410 e. The zero-order chi connectivity index (χ0) is 20.6. The molecule has 2 N–H and O–H groups in total. The lowest BCUT2D eigenvalue weighted by Crippen LogP contribution is -2.45. The third-order valence-electron chi connectivity index (χ3n) is 4.49. The van der Waals surface area contributed by atoms with Crippen molar-refractivity contribution in [3.05, 3.63) is 16.1 Å². The third kappa shape index (κ3) is 9.50. The number of guanidine groups is 1. The molecule has 0 aliphatic carbocycles. The van der Waals surface area contributed by atoms with Crippen molar-refractivity contribution >= 4 is 47.4 Å². The molecule has 1 aliphatic heterocycles. The molecule has 7 nitrogen and oxygen atoms in total. The number of amides is 1. The van der Waals surface area contributed by atoms with Gasteiger partial charge >= 0.3 is 6.09 Å². The Balaban J connectivity index is 0.00000420. The molecule has 166 valence electrons. The van der Waals surface area contributed by atoms with Crippen LogP contribution in [0.5, 0.6) is 0 Å². The van der Waals surface area contributed by atoms with Gasteiger partial charge in [-0.25, -0.2) is 14.8 Å². The molecule has 1 amide bonds. The average Bonchev–Trinajstić information content (AvgIpc) is 3.11. The lowest BCUT2D eigenvalue weighted by atomic mass is 9.97. The highest BCUT2D eigenvalue weighted by Crippen LogP contribution is 2.19. The van der Waals surface area contributed by atoms with Crippen molar-refractivity contribution in [3.8, 4) is 0 Å². The number of piperidine rings is 1. The molecule has 0 saturated carbocycles. The zero-order valence-corrected chi connectivity index (χ0v) is 21.4. The summed E-state index contributed by atoms with van der Waals surface area (Å²) in [6, 6.07) is 0. The molecule has 1 saturated heterocycles. The Bertz CT molecular complexity index is 652. The fourth-order valence-corrected chi connectivity index (χ4v) is 3.75. The van der Waals surface area contributed by atoms with E-state index in [1.165, 1.54) is 4.88 Å². The highest BCUT2D eigenvalue weighted by molar-refractivity contribution is 14.0. The van der Waals surface area contributed by atoms with Crippen molar-refractivity contribution in [3.63, 3.8) is 0 Å². The highest BCUT2D eigenvalue weighted by Gasteiger charge is 2.26. The van der Waals surface area contributed by atoms with Crippen LogP contribution in [0.15, 0.2) is 11.2 Å². The van der Waals surface area contributed by atoms with Crippen molar-refractivity contribution in [2.45, 2.75) is 66.0 Å². The summed E-state index contributed by atoms with van der Waals surface area (Å²) in [5, 5.41) is 7.78. The van der Waals surface area contributed by atoms with E-state index in [-0.39, 0.29) is 30.1 Å². The Morgan fingerprint density at radius 3 is 2.55 bits per heavy atom. The first-order valence-electron chi connectivity index (χ1n) is 10.2. The standard InChI is InChI=1S/C20H35N5O2S.HI/c1-6-16-13-22-17(28-16)14-24-18(21-7-2)23-12-15-8-10-25(11-9-15)19(26)27-20(3,4)5;/h13,15H,6-12,14H2,1-5H3,(H2,21,23,24);1H. The molecule has 2 rings (SSSR count). The summed E-state index contributed by atoms with van der Waals surface area (Å²) in [6.07, 6.45) is 4.69. The zero-order valence-electron chi connectivity index (χ0n) is 18.3. The maximum atomic E-state index is 12.2. The Morgan fingerprint density at radius 2 is 2.00 bits per heavy atom. The van der Waals surface area contributed by atoms with Crippen LogP contribution in [0.3, 0.4) is 0 Å². The number of nitrogens with one attached hydrogen (secondary N) is 2. The highest BCUT2D eigenvalue weighted by atomic mass is 127. The van der Waals surface area contributed by atoms with Crippen LogP contribution in [0.4, 0.5) is 4.79 Å². The van der Waals surface area contributed by atoms with E-state index in [1.54, 1.807) is 11.3 Å². The van der Waals surface area contributed by atoms with Crippen molar-refractivity contribution in [1.82, 2.24) is 20.5 Å². The van der Waals surface area contributed by atoms with Crippen molar-refractivity contribution in [2.24, 2.45) is 10.9 Å². The molecule has 1 fully saturated rings. The molecule has 2 heterocycles. The van der Waals surface area contributed by atoms with Gasteiger partial charge in [0.15, 0.2) is 5.96 Å². The second-order valence-corrected chi connectivity index (χ2v) is 9.26. The molecule has 9 heteroatoms. The quantitative estimate of drug-likeness (QED) is 0.326. The van der Waals surface area contributed by atoms with E-state index in [2.05, 4.69) is 34.5 Å². The fraction of sp³-hybridized carbons (Fsp3) is 0.750. The molecule has 0 bridgehead atoms. The van der Waals surface area contributed by atoms with Crippen LogP contribution in [0.1, 0.15) is 57.3 Å². The lowest BCUT2D eigenvalue weighted by Gasteiger charge is -2.33. The molecule has 1 aliphatic rings. The number of aliphatic imine (C=N–C) groups is 1. The number of ether oxygens (including phenoxy) is 1. The number of aromatic nitrogens is 1. The van der Waals surface area contributed by atoms with Crippen LogP contribution in [0.25, 0.3) is 0 Å². The molecule has 0 radical (unpaired) electrons. The summed E-state index contributed by atoms with van der Waals surface area (Å²) in [4.78, 5) is 24.4. The topological polar surface area (TPSA) is 78.9 Å². The summed E-state index contributed by atoms with van der Waals surface area (Å²) < 4.78 is 5.46. The number of rotatable bonds is 6. The van der Waals surface area contributed by atoms with Crippen molar-refractivity contribution in [2.75, 3.05) is 26.2 Å². The molecular weight excluding hydrogens is 501 g/mol. The predicted molar refractivity (Wildman–Crippen MR) is 130 cm³/mol. The molecular formula is C20H36IN5O2S. The van der Waals surface area contributed by atoms with E-state index in [9.17, 15) is 4.79 Å². The number of aryl methyl sites for hydroxylation is 1. The van der Waals surface area contributed by atoms with Gasteiger partial charge in [0.2, 0.25) is 0 Å². The van der Waals surface area contributed by atoms with E-state index in [0.717, 1.165) is 56.4 Å². The van der Waals surface area contributed by atoms with Gasteiger partial charge in [-0.05, 0) is 52.9 Å². The molecule has 0 atom stereocenters. The largest absolute Gasteiger partial charge is 0.444 e. The van der Waals surface area contributed by atoms with Gasteiger partial charge in [-0.3, -0.25) is 0 Å². The van der Waals surface area contributed by atoms with Crippen LogP contribution in [0, 0.1) is 5.92 Å². The summed E-state index contributed by atoms with van der Waals surface area (Å²) in [5.41, 5.74) is -0.442. The van der Waals surface area contributed by atoms with Crippen LogP contribution in [-0.4, -0.2) is 53.7 Å². The van der Waals surface area contributed by atoms with E-state index >= 15 is 0 Å². The average molecular weight is 538 g/mol. The minimum Gasteiger partial charge on any atom is -0.444 e. The van der Waals surface area contributed by atoms with E-state index in [0.29, 0.717) is 12.5 Å². The Morgan fingerprint density at radius 1 is 1.31 bits per heavy atom. The molecule has 0 spiro atoms. The lowest BCUT2D eigenvalue weighted by molar-refractivity contribution is 0.0185. The van der Waals surface area contributed by atoms with E-state index in [1.807, 2.05) is 31.9 Å². The van der Waals surface area contributed by atoms with Crippen LogP contribution >= 0.6 is 35.3 Å². The second kappa shape index (κ2) is 12.6. The Kier molecular flexibility index (Phi) is 11.2. The summed E-state index contributed by atoms with van der Waals surface area (Å²) in [6.45, 7) is 13.7. The Labute approximate surface area is 196 Å². The molecule has 0 aromatic carbocycles. The SMILES string of the molecule is CCNC(=NCc1ncc(CC)s1)NCC1CCN(C(=O)OC(C)(C)C)CC1.I. The number of halogens is 1. The number of hydrogen-bond donors (Lipinski definition) is 2. The van der Waals surface area contributed by atoms with E-state index < -0.39 is 5.60 Å². The maximum absolute atomic E-state index is 12.2.